The average Bonchev–Trinajstić information content (AvgIpc) is 2.38. The first kappa shape index (κ1) is 14.5. The monoisotopic (exact) mass is 308 g/mol. The summed E-state index contributed by atoms with van der Waals surface area (Å²) in [5, 5.41) is 17.9. The van der Waals surface area contributed by atoms with Crippen molar-refractivity contribution in [1.82, 2.24) is 0 Å². The summed E-state index contributed by atoms with van der Waals surface area (Å²) in [5.74, 6) is -0.967. The third-order valence-corrected chi connectivity index (χ3v) is 2.90. The standard InChI is InChI=1S/C14H10Cl2N2O2/c15-11-5-12(16)7-13(6-11)18-17-8-9-2-1-3-10(4-9)14(19)20/h1-7H,8H2,(H,19,20). The normalized spacial score (nSPS) is 10.9. The molecule has 0 saturated carbocycles. The van der Waals surface area contributed by atoms with Crippen LogP contribution >= 0.6 is 23.2 Å². The second kappa shape index (κ2) is 6.50. The molecule has 0 aliphatic rings. The molecule has 0 atom stereocenters. The van der Waals surface area contributed by atoms with E-state index in [4.69, 9.17) is 28.3 Å². The van der Waals surface area contributed by atoms with Crippen LogP contribution in [0.15, 0.2) is 52.7 Å². The molecule has 6 heteroatoms. The van der Waals surface area contributed by atoms with Crippen molar-refractivity contribution < 1.29 is 9.90 Å². The molecule has 1 N–H and O–H groups in total. The number of benzene rings is 2. The van der Waals surface area contributed by atoms with Crippen LogP contribution in [0, 0.1) is 0 Å². The second-order valence-electron chi connectivity index (χ2n) is 4.03. The zero-order valence-corrected chi connectivity index (χ0v) is 11.8. The Morgan fingerprint density at radius 2 is 1.80 bits per heavy atom. The molecule has 0 radical (unpaired) electrons. The SMILES string of the molecule is O=C(O)c1cccc(CN=Nc2cc(Cl)cc(Cl)c2)c1. The fourth-order valence-electron chi connectivity index (χ4n) is 1.60. The number of carboxylic acid groups (broad SMARTS) is 1. The first-order valence-electron chi connectivity index (χ1n) is 5.70. The van der Waals surface area contributed by atoms with Crippen LogP contribution in [-0.4, -0.2) is 11.1 Å². The molecule has 2 aromatic carbocycles. The predicted octanol–water partition coefficient (Wildman–Crippen LogP) is 4.98. The molecular weight excluding hydrogens is 299 g/mol. The molecule has 0 spiro atoms. The van der Waals surface area contributed by atoms with Gasteiger partial charge in [0.2, 0.25) is 0 Å². The number of nitrogens with zero attached hydrogens (tertiary/aromatic N) is 2. The van der Waals surface area contributed by atoms with Crippen molar-refractivity contribution >= 4 is 34.9 Å². The van der Waals surface area contributed by atoms with Crippen molar-refractivity contribution in [2.45, 2.75) is 6.54 Å². The highest BCUT2D eigenvalue weighted by atomic mass is 35.5. The maximum atomic E-state index is 10.8. The Balaban J connectivity index is 2.09. The first-order chi connectivity index (χ1) is 9.54. The van der Waals surface area contributed by atoms with Crippen LogP contribution in [0.1, 0.15) is 15.9 Å². The van der Waals surface area contributed by atoms with Crippen molar-refractivity contribution in [2.24, 2.45) is 10.2 Å². The van der Waals surface area contributed by atoms with Gasteiger partial charge in [-0.3, -0.25) is 0 Å². The maximum absolute atomic E-state index is 10.8. The van der Waals surface area contributed by atoms with Gasteiger partial charge >= 0.3 is 5.97 Å². The zero-order valence-electron chi connectivity index (χ0n) is 10.3. The molecule has 2 aromatic rings. The van der Waals surface area contributed by atoms with Gasteiger partial charge in [0.1, 0.15) is 0 Å². The molecule has 0 aliphatic heterocycles. The van der Waals surface area contributed by atoms with E-state index < -0.39 is 5.97 Å². The number of aromatic carboxylic acids is 1. The van der Waals surface area contributed by atoms with Gasteiger partial charge in [0.15, 0.2) is 0 Å². The number of hydrogen-bond donors (Lipinski definition) is 1. The van der Waals surface area contributed by atoms with Crippen LogP contribution in [0.25, 0.3) is 0 Å². The molecule has 102 valence electrons. The van der Waals surface area contributed by atoms with Crippen molar-refractivity contribution in [3.63, 3.8) is 0 Å². The van der Waals surface area contributed by atoms with Gasteiger partial charge in [0.05, 0.1) is 17.8 Å². The minimum atomic E-state index is -0.967. The Hall–Kier alpha value is -1.91. The number of azo groups is 1. The second-order valence-corrected chi connectivity index (χ2v) is 4.91. The molecule has 0 fully saturated rings. The highest BCUT2D eigenvalue weighted by Crippen LogP contribution is 2.24. The van der Waals surface area contributed by atoms with Gasteiger partial charge in [-0.1, -0.05) is 35.3 Å². The molecule has 0 aliphatic carbocycles. The van der Waals surface area contributed by atoms with Crippen LogP contribution < -0.4 is 0 Å². The van der Waals surface area contributed by atoms with E-state index in [1.165, 1.54) is 6.07 Å². The third-order valence-electron chi connectivity index (χ3n) is 2.46. The Morgan fingerprint density at radius 1 is 1.10 bits per heavy atom. The predicted molar refractivity (Wildman–Crippen MR) is 78.1 cm³/mol. The summed E-state index contributed by atoms with van der Waals surface area (Å²) in [6.45, 7) is 0.283. The molecule has 4 nitrogen and oxygen atoms in total. The largest absolute Gasteiger partial charge is 0.478 e. The molecule has 0 amide bonds. The van der Waals surface area contributed by atoms with Crippen LogP contribution in [0.5, 0.6) is 0 Å². The first-order valence-corrected chi connectivity index (χ1v) is 6.46. The summed E-state index contributed by atoms with van der Waals surface area (Å²) in [7, 11) is 0. The number of hydrogen-bond acceptors (Lipinski definition) is 3. The summed E-state index contributed by atoms with van der Waals surface area (Å²) in [6.07, 6.45) is 0. The van der Waals surface area contributed by atoms with Crippen LogP contribution in [-0.2, 0) is 6.54 Å². The average molecular weight is 309 g/mol. The minimum absolute atomic E-state index is 0.225. The van der Waals surface area contributed by atoms with Crippen LogP contribution in [0.4, 0.5) is 5.69 Å². The van der Waals surface area contributed by atoms with E-state index in [1.807, 2.05) is 0 Å². The van der Waals surface area contributed by atoms with E-state index in [-0.39, 0.29) is 12.1 Å². The number of rotatable bonds is 4. The zero-order chi connectivity index (χ0) is 14.5. The van der Waals surface area contributed by atoms with Gasteiger partial charge in [0, 0.05) is 10.0 Å². The molecule has 0 aromatic heterocycles. The summed E-state index contributed by atoms with van der Waals surface area (Å²) >= 11 is 11.7. The third kappa shape index (κ3) is 4.05. The van der Waals surface area contributed by atoms with Crippen molar-refractivity contribution in [1.29, 1.82) is 0 Å². The number of carboxylic acids is 1. The van der Waals surface area contributed by atoms with Crippen molar-refractivity contribution in [2.75, 3.05) is 0 Å². The van der Waals surface area contributed by atoms with Gasteiger partial charge in [-0.2, -0.15) is 10.2 Å². The van der Waals surface area contributed by atoms with Gasteiger partial charge in [-0.25, -0.2) is 4.79 Å². The van der Waals surface area contributed by atoms with E-state index in [0.717, 1.165) is 5.56 Å². The summed E-state index contributed by atoms with van der Waals surface area (Å²) in [5.41, 5.74) is 1.54. The molecule has 0 unspecified atom stereocenters. The van der Waals surface area contributed by atoms with Gasteiger partial charge in [0.25, 0.3) is 0 Å². The lowest BCUT2D eigenvalue weighted by molar-refractivity contribution is 0.0697. The topological polar surface area (TPSA) is 62.0 Å². The van der Waals surface area contributed by atoms with Gasteiger partial charge < -0.3 is 5.11 Å². The van der Waals surface area contributed by atoms with E-state index in [9.17, 15) is 4.79 Å². The molecule has 0 bridgehead atoms. The van der Waals surface area contributed by atoms with E-state index in [0.29, 0.717) is 15.7 Å². The fraction of sp³-hybridized carbons (Fsp3) is 0.0714. The van der Waals surface area contributed by atoms with Crippen molar-refractivity contribution in [3.8, 4) is 0 Å². The van der Waals surface area contributed by atoms with Gasteiger partial charge in [-0.15, -0.1) is 0 Å². The Bertz CT molecular complexity index is 652. The Kier molecular flexibility index (Phi) is 4.71. The molecular formula is C14H10Cl2N2O2. The summed E-state index contributed by atoms with van der Waals surface area (Å²) in [4.78, 5) is 10.8. The van der Waals surface area contributed by atoms with Crippen LogP contribution in [0.2, 0.25) is 10.0 Å². The van der Waals surface area contributed by atoms with Crippen molar-refractivity contribution in [3.05, 3.63) is 63.6 Å². The highest BCUT2D eigenvalue weighted by Gasteiger charge is 2.02. The minimum Gasteiger partial charge on any atom is -0.478 e. The van der Waals surface area contributed by atoms with E-state index >= 15 is 0 Å². The quantitative estimate of drug-likeness (QED) is 0.810. The summed E-state index contributed by atoms with van der Waals surface area (Å²) < 4.78 is 0. The molecule has 20 heavy (non-hydrogen) atoms. The molecule has 0 heterocycles. The molecule has 2 rings (SSSR count). The Morgan fingerprint density at radius 3 is 2.45 bits per heavy atom. The fourth-order valence-corrected chi connectivity index (χ4v) is 2.11. The molecule has 0 saturated heterocycles. The lowest BCUT2D eigenvalue weighted by Gasteiger charge is -1.99. The number of halogens is 2. The number of carbonyl (C=O) groups is 1. The lowest BCUT2D eigenvalue weighted by atomic mass is 10.1. The smallest absolute Gasteiger partial charge is 0.335 e. The van der Waals surface area contributed by atoms with E-state index in [2.05, 4.69) is 10.2 Å². The maximum Gasteiger partial charge on any atom is 0.335 e. The summed E-state index contributed by atoms with van der Waals surface area (Å²) in [6, 6.07) is 11.4. The highest BCUT2D eigenvalue weighted by molar-refractivity contribution is 6.35. The van der Waals surface area contributed by atoms with Crippen LogP contribution in [0.3, 0.4) is 0 Å². The van der Waals surface area contributed by atoms with Gasteiger partial charge in [-0.05, 0) is 35.9 Å². The van der Waals surface area contributed by atoms with E-state index in [1.54, 1.807) is 36.4 Å². The lowest BCUT2D eigenvalue weighted by Crippen LogP contribution is -1.96. The Labute approximate surface area is 125 Å².